The smallest absolute Gasteiger partial charge is 0.271 e. The van der Waals surface area contributed by atoms with Crippen LogP contribution >= 0.6 is 46.9 Å². The Kier molecular flexibility index (Phi) is 6.42. The minimum absolute atomic E-state index is 0.0499. The van der Waals surface area contributed by atoms with Gasteiger partial charge in [-0.1, -0.05) is 52.9 Å². The number of nitrogens with zero attached hydrogens (tertiary/aromatic N) is 2. The number of para-hydroxylation sites is 1. The van der Waals surface area contributed by atoms with Crippen LogP contribution in [-0.2, 0) is 4.79 Å². The first-order chi connectivity index (χ1) is 15.0. The maximum absolute atomic E-state index is 12.5. The Morgan fingerprint density at radius 3 is 2.81 bits per heavy atom. The van der Waals surface area contributed by atoms with Crippen molar-refractivity contribution in [3.63, 3.8) is 0 Å². The third kappa shape index (κ3) is 4.67. The van der Waals surface area contributed by atoms with Crippen LogP contribution in [0.5, 0.6) is 5.75 Å². The number of amides is 1. The summed E-state index contributed by atoms with van der Waals surface area (Å²) in [4.78, 5) is 32.2. The van der Waals surface area contributed by atoms with E-state index >= 15 is 0 Å². The van der Waals surface area contributed by atoms with Crippen LogP contribution in [0, 0.1) is 3.95 Å². The van der Waals surface area contributed by atoms with Crippen molar-refractivity contribution >= 4 is 68.9 Å². The zero-order chi connectivity index (χ0) is 22.0. The van der Waals surface area contributed by atoms with Gasteiger partial charge < -0.3 is 15.0 Å². The molecule has 2 aromatic carbocycles. The maximum Gasteiger partial charge on any atom is 0.271 e. The van der Waals surface area contributed by atoms with Gasteiger partial charge in [0, 0.05) is 11.4 Å². The number of thiazole rings is 1. The minimum Gasteiger partial charge on any atom is -0.495 e. The van der Waals surface area contributed by atoms with Crippen molar-refractivity contribution < 1.29 is 9.53 Å². The largest absolute Gasteiger partial charge is 0.495 e. The molecule has 0 saturated carbocycles. The second-order valence-corrected chi connectivity index (χ2v) is 9.26. The zero-order valence-electron chi connectivity index (χ0n) is 16.0. The van der Waals surface area contributed by atoms with Gasteiger partial charge in [-0.15, -0.1) is 0 Å². The number of fused-ring (bicyclic) bond motifs is 1. The number of H-pyrrole nitrogens is 1. The van der Waals surface area contributed by atoms with E-state index < -0.39 is 0 Å². The first-order valence-corrected chi connectivity index (χ1v) is 11.5. The summed E-state index contributed by atoms with van der Waals surface area (Å²) in [6.45, 7) is 0. The number of aromatic nitrogens is 3. The van der Waals surface area contributed by atoms with E-state index in [9.17, 15) is 9.59 Å². The zero-order valence-corrected chi connectivity index (χ0v) is 19.3. The lowest BCUT2D eigenvalue weighted by molar-refractivity contribution is -0.113. The Morgan fingerprint density at radius 2 is 2.10 bits per heavy atom. The van der Waals surface area contributed by atoms with Gasteiger partial charge in [0.25, 0.3) is 5.56 Å². The molecule has 158 valence electrons. The average molecular weight is 491 g/mol. The van der Waals surface area contributed by atoms with E-state index in [1.54, 1.807) is 22.8 Å². The highest BCUT2D eigenvalue weighted by Gasteiger charge is 2.15. The molecule has 4 rings (SSSR count). The number of aromatic amines is 1. The highest BCUT2D eigenvalue weighted by atomic mass is 35.5. The molecular formula is C20H15ClN4O3S3. The van der Waals surface area contributed by atoms with Crippen molar-refractivity contribution in [2.45, 2.75) is 5.16 Å². The summed E-state index contributed by atoms with van der Waals surface area (Å²) < 4.78 is 7.82. The van der Waals surface area contributed by atoms with E-state index in [4.69, 9.17) is 28.6 Å². The number of thioether (sulfide) groups is 1. The van der Waals surface area contributed by atoms with Crippen molar-refractivity contribution in [1.82, 2.24) is 14.5 Å². The third-order valence-electron chi connectivity index (χ3n) is 4.21. The molecule has 0 spiro atoms. The number of anilines is 1. The third-order valence-corrected chi connectivity index (χ3v) is 6.74. The van der Waals surface area contributed by atoms with Gasteiger partial charge in [0.05, 0.1) is 17.9 Å². The van der Waals surface area contributed by atoms with Crippen LogP contribution in [0.15, 0.2) is 58.5 Å². The second kappa shape index (κ2) is 9.23. The monoisotopic (exact) mass is 490 g/mol. The van der Waals surface area contributed by atoms with Crippen LogP contribution in [0.4, 0.5) is 5.69 Å². The predicted molar refractivity (Wildman–Crippen MR) is 128 cm³/mol. The standard InChI is InChI=1S/C20H15ClN4O3S3/c1-28-14-8-7-11(9-13(14)21)22-15(26)10-30-19-23-17-16(18(27)24-19)31-20(29)25(17)12-5-3-2-4-6-12/h2-9H,10H2,1H3,(H,22,26)(H,23,24,27). The lowest BCUT2D eigenvalue weighted by Gasteiger charge is -2.08. The average Bonchev–Trinajstić information content (AvgIpc) is 3.09. The molecule has 0 unspecified atom stereocenters. The van der Waals surface area contributed by atoms with E-state index in [-0.39, 0.29) is 17.2 Å². The molecule has 0 atom stereocenters. The van der Waals surface area contributed by atoms with Gasteiger partial charge in [0.2, 0.25) is 5.91 Å². The van der Waals surface area contributed by atoms with Gasteiger partial charge in [0.1, 0.15) is 10.4 Å². The quantitative estimate of drug-likeness (QED) is 0.227. The van der Waals surface area contributed by atoms with Crippen molar-refractivity contribution in [2.24, 2.45) is 0 Å². The molecule has 0 aliphatic carbocycles. The molecule has 4 aromatic rings. The van der Waals surface area contributed by atoms with Crippen molar-refractivity contribution in [1.29, 1.82) is 0 Å². The number of carbonyl (C=O) groups excluding carboxylic acids is 1. The normalized spacial score (nSPS) is 10.9. The predicted octanol–water partition coefficient (Wildman–Crippen LogP) is 4.90. The Labute approximate surface area is 195 Å². The number of benzene rings is 2. The summed E-state index contributed by atoms with van der Waals surface area (Å²) >= 11 is 13.9. The van der Waals surface area contributed by atoms with E-state index in [2.05, 4.69) is 15.3 Å². The van der Waals surface area contributed by atoms with Crippen LogP contribution in [0.25, 0.3) is 16.0 Å². The van der Waals surface area contributed by atoms with Gasteiger partial charge in [-0.3, -0.25) is 14.2 Å². The van der Waals surface area contributed by atoms with Crippen LogP contribution in [0.3, 0.4) is 0 Å². The number of ether oxygens (including phenoxy) is 1. The molecule has 0 aliphatic rings. The molecular weight excluding hydrogens is 476 g/mol. The molecule has 0 radical (unpaired) electrons. The van der Waals surface area contributed by atoms with Crippen LogP contribution in [-0.4, -0.2) is 33.3 Å². The first-order valence-electron chi connectivity index (χ1n) is 8.94. The fraction of sp³-hybridized carbons (Fsp3) is 0.100. The van der Waals surface area contributed by atoms with Gasteiger partial charge in [-0.25, -0.2) is 4.98 Å². The Bertz CT molecular complexity index is 1380. The number of methoxy groups -OCH3 is 1. The van der Waals surface area contributed by atoms with E-state index in [1.165, 1.54) is 18.4 Å². The topological polar surface area (TPSA) is 89.0 Å². The highest BCUT2D eigenvalue weighted by molar-refractivity contribution is 7.99. The Balaban J connectivity index is 1.55. The summed E-state index contributed by atoms with van der Waals surface area (Å²) in [6, 6.07) is 14.4. The molecule has 31 heavy (non-hydrogen) atoms. The molecule has 2 N–H and O–H groups in total. The second-order valence-electron chi connectivity index (χ2n) is 6.25. The lowest BCUT2D eigenvalue weighted by Crippen LogP contribution is -2.15. The van der Waals surface area contributed by atoms with Crippen molar-refractivity contribution in [3.05, 3.63) is 67.9 Å². The summed E-state index contributed by atoms with van der Waals surface area (Å²) in [5.41, 5.74) is 1.54. The van der Waals surface area contributed by atoms with E-state index in [1.807, 2.05) is 30.3 Å². The molecule has 0 fully saturated rings. The molecule has 7 nitrogen and oxygen atoms in total. The molecule has 1 amide bonds. The lowest BCUT2D eigenvalue weighted by atomic mass is 10.3. The molecule has 0 saturated heterocycles. The molecule has 2 heterocycles. The van der Waals surface area contributed by atoms with Crippen LogP contribution < -0.4 is 15.6 Å². The summed E-state index contributed by atoms with van der Waals surface area (Å²) in [7, 11) is 1.52. The molecule has 2 aromatic heterocycles. The molecule has 0 aliphatic heterocycles. The van der Waals surface area contributed by atoms with E-state index in [0.717, 1.165) is 17.4 Å². The number of halogens is 1. The number of hydrogen-bond donors (Lipinski definition) is 2. The number of hydrogen-bond acceptors (Lipinski definition) is 7. The first kappa shape index (κ1) is 21.6. The van der Waals surface area contributed by atoms with Gasteiger partial charge in [0.15, 0.2) is 14.8 Å². The van der Waals surface area contributed by atoms with Gasteiger partial charge in [-0.2, -0.15) is 0 Å². The Morgan fingerprint density at radius 1 is 1.32 bits per heavy atom. The summed E-state index contributed by atoms with van der Waals surface area (Å²) in [6.07, 6.45) is 0. The van der Waals surface area contributed by atoms with Crippen LogP contribution in [0.2, 0.25) is 5.02 Å². The van der Waals surface area contributed by atoms with Crippen molar-refractivity contribution in [2.75, 3.05) is 18.2 Å². The summed E-state index contributed by atoms with van der Waals surface area (Å²) in [5.74, 6) is 0.306. The van der Waals surface area contributed by atoms with Gasteiger partial charge in [-0.05, 0) is 42.5 Å². The van der Waals surface area contributed by atoms with E-state index in [0.29, 0.717) is 35.9 Å². The number of carbonyl (C=O) groups is 1. The minimum atomic E-state index is -0.291. The van der Waals surface area contributed by atoms with Crippen LogP contribution in [0.1, 0.15) is 0 Å². The SMILES string of the molecule is COc1ccc(NC(=O)CSc2nc3c(sc(=S)n3-c3ccccc3)c(=O)[nH]2)cc1Cl. The Hall–Kier alpha value is -2.66. The summed E-state index contributed by atoms with van der Waals surface area (Å²) in [5, 5.41) is 3.48. The maximum atomic E-state index is 12.5. The number of rotatable bonds is 6. The van der Waals surface area contributed by atoms with Crippen molar-refractivity contribution in [3.8, 4) is 11.4 Å². The number of nitrogens with one attached hydrogen (secondary N) is 2. The molecule has 11 heteroatoms. The highest BCUT2D eigenvalue weighted by Crippen LogP contribution is 2.28. The van der Waals surface area contributed by atoms with Gasteiger partial charge >= 0.3 is 0 Å². The fourth-order valence-corrected chi connectivity index (χ4v) is 5.03. The molecule has 0 bridgehead atoms. The fourth-order valence-electron chi connectivity index (χ4n) is 2.84.